The van der Waals surface area contributed by atoms with Crippen molar-refractivity contribution in [3.63, 3.8) is 0 Å². The molecule has 2 heterocycles. The smallest absolute Gasteiger partial charge is 0.793 e. The molecule has 199 valence electrons. The Morgan fingerprint density at radius 1 is 1.11 bits per heavy atom. The van der Waals surface area contributed by atoms with Gasteiger partial charge in [0.05, 0.1) is 6.42 Å². The number of aromatic nitrogens is 1. The Bertz CT molecular complexity index is 921. The molecule has 0 unspecified atom stereocenters. The maximum Gasteiger partial charge on any atom is 1.00 e. The molecule has 1 aromatic heterocycles. The summed E-state index contributed by atoms with van der Waals surface area (Å²) < 4.78 is 3.61. The van der Waals surface area contributed by atoms with Crippen molar-refractivity contribution >= 4 is 44.4 Å². The van der Waals surface area contributed by atoms with Gasteiger partial charge in [0, 0.05) is 51.4 Å². The zero-order valence-electron chi connectivity index (χ0n) is 22.5. The molecule has 13 nitrogen and oxygen atoms in total. The van der Waals surface area contributed by atoms with Gasteiger partial charge in [-0.25, -0.2) is 24.4 Å². The maximum absolute atomic E-state index is 10.8. The van der Waals surface area contributed by atoms with Gasteiger partial charge in [-0.05, 0) is 45.9 Å². The third-order valence-electron chi connectivity index (χ3n) is 2.79. The molecule has 2 rings (SSSR count). The molecule has 1 aliphatic rings. The zero-order valence-corrected chi connectivity index (χ0v) is 24.5. The molecule has 1 aromatic rings. The SMILES string of the molecule is CC(=O)OOC(C)=O.CN(C)Cc1cc[nH]c(=O)c1.CNC.O=CC1=CC=NC(=O)C1.[B-]OC(C)=O.[Na+]. The van der Waals surface area contributed by atoms with E-state index in [1.54, 1.807) is 12.3 Å². The van der Waals surface area contributed by atoms with Crippen molar-refractivity contribution in [3.8, 4) is 0 Å². The van der Waals surface area contributed by atoms with Crippen LogP contribution in [0.5, 0.6) is 0 Å². The van der Waals surface area contributed by atoms with Gasteiger partial charge >= 0.3 is 41.5 Å². The van der Waals surface area contributed by atoms with Crippen LogP contribution in [0, 0.1) is 0 Å². The topological polar surface area (TPSA) is 174 Å². The molecule has 0 bridgehead atoms. The molecular formula is C22H33BN4NaO9. The van der Waals surface area contributed by atoms with Crippen molar-refractivity contribution in [2.24, 2.45) is 4.99 Å². The van der Waals surface area contributed by atoms with Crippen LogP contribution < -0.4 is 40.4 Å². The summed E-state index contributed by atoms with van der Waals surface area (Å²) in [6.07, 6.45) is 5.37. The quantitative estimate of drug-likeness (QED) is 0.177. The van der Waals surface area contributed by atoms with E-state index in [1.807, 2.05) is 39.2 Å². The first-order valence-electron chi connectivity index (χ1n) is 10.2. The average molecular weight is 531 g/mol. The Balaban J connectivity index is -0.000000193. The number of allylic oxidation sites excluding steroid dienone is 1. The Morgan fingerprint density at radius 3 is 1.89 bits per heavy atom. The van der Waals surface area contributed by atoms with E-state index in [1.165, 1.54) is 19.2 Å². The predicted molar refractivity (Wildman–Crippen MR) is 133 cm³/mol. The number of aldehydes is 1. The zero-order chi connectivity index (χ0) is 28.5. The number of rotatable bonds is 3. The van der Waals surface area contributed by atoms with E-state index >= 15 is 0 Å². The van der Waals surface area contributed by atoms with Gasteiger partial charge in [0.1, 0.15) is 6.29 Å². The number of carbonyl (C=O) groups excluding carboxylic acids is 5. The van der Waals surface area contributed by atoms with Crippen LogP contribution in [-0.2, 0) is 44.9 Å². The third-order valence-corrected chi connectivity index (χ3v) is 2.79. The Kier molecular flexibility index (Phi) is 30.8. The molecule has 3 radical (unpaired) electrons. The number of nitrogens with zero attached hydrogens (tertiary/aromatic N) is 2. The molecule has 1 amide bonds. The normalized spacial score (nSPS) is 10.4. The van der Waals surface area contributed by atoms with Gasteiger partial charge in [-0.15, -0.1) is 0 Å². The van der Waals surface area contributed by atoms with Gasteiger partial charge in [0.15, 0.2) is 0 Å². The van der Waals surface area contributed by atoms with Gasteiger partial charge < -0.3 is 27.9 Å². The fraction of sp³-hybridized carbons (Fsp3) is 0.409. The molecule has 37 heavy (non-hydrogen) atoms. The van der Waals surface area contributed by atoms with Gasteiger partial charge in [0.25, 0.3) is 0 Å². The minimum Gasteiger partial charge on any atom is -0.793 e. The molecule has 0 atom stereocenters. The van der Waals surface area contributed by atoms with Crippen molar-refractivity contribution in [2.75, 3.05) is 28.2 Å². The summed E-state index contributed by atoms with van der Waals surface area (Å²) in [4.78, 5) is 76.1. The first kappa shape index (κ1) is 41.2. The van der Waals surface area contributed by atoms with E-state index in [4.69, 9.17) is 0 Å². The first-order chi connectivity index (χ1) is 16.8. The molecule has 0 aromatic carbocycles. The number of aliphatic imine (C=N–C) groups is 1. The second kappa shape index (κ2) is 27.7. The van der Waals surface area contributed by atoms with Gasteiger partial charge in [0.2, 0.25) is 17.4 Å². The van der Waals surface area contributed by atoms with Crippen molar-refractivity contribution in [1.82, 2.24) is 15.2 Å². The first-order valence-corrected chi connectivity index (χ1v) is 10.2. The minimum atomic E-state index is -0.639. The van der Waals surface area contributed by atoms with E-state index in [9.17, 15) is 28.8 Å². The fourth-order valence-corrected chi connectivity index (χ4v) is 1.65. The Hall–Kier alpha value is -2.91. The second-order valence-corrected chi connectivity index (χ2v) is 6.77. The summed E-state index contributed by atoms with van der Waals surface area (Å²) >= 11 is 0. The van der Waals surface area contributed by atoms with Gasteiger partial charge in [-0.1, -0.05) is 0 Å². The molecule has 0 saturated heterocycles. The number of hydrogen-bond acceptors (Lipinski definition) is 11. The van der Waals surface area contributed by atoms with Crippen LogP contribution in [0.15, 0.2) is 39.8 Å². The molecule has 15 heteroatoms. The number of H-pyrrole nitrogens is 1. The number of aromatic amines is 1. The van der Waals surface area contributed by atoms with E-state index < -0.39 is 17.9 Å². The number of hydrogen-bond donors (Lipinski definition) is 2. The van der Waals surface area contributed by atoms with Crippen molar-refractivity contribution in [1.29, 1.82) is 0 Å². The number of carbonyl (C=O) groups is 5. The summed E-state index contributed by atoms with van der Waals surface area (Å²) in [5.74, 6) is -2.00. The summed E-state index contributed by atoms with van der Waals surface area (Å²) in [7, 11) is 12.0. The van der Waals surface area contributed by atoms with Crippen LogP contribution in [0.3, 0.4) is 0 Å². The van der Waals surface area contributed by atoms with Gasteiger partial charge in [-0.2, -0.15) is 0 Å². The molecule has 1 aliphatic heterocycles. The van der Waals surface area contributed by atoms with Crippen LogP contribution in [0.1, 0.15) is 32.8 Å². The van der Waals surface area contributed by atoms with Crippen LogP contribution in [-0.4, -0.2) is 82.4 Å². The predicted octanol–water partition coefficient (Wildman–Crippen LogP) is -2.95. The average Bonchev–Trinajstić information content (AvgIpc) is 2.79. The number of nitrogens with one attached hydrogen (secondary N) is 2. The van der Waals surface area contributed by atoms with Crippen molar-refractivity contribution in [3.05, 3.63) is 45.9 Å². The number of amides is 1. The molecule has 0 spiro atoms. The van der Waals surface area contributed by atoms with Crippen LogP contribution in [0.2, 0.25) is 0 Å². The molecule has 0 saturated carbocycles. The largest absolute Gasteiger partial charge is 1.00 e. The Morgan fingerprint density at radius 2 is 1.59 bits per heavy atom. The summed E-state index contributed by atoms with van der Waals surface area (Å²) in [6.45, 7) is 4.33. The maximum atomic E-state index is 10.8. The molecule has 2 N–H and O–H groups in total. The number of dihydropyridines is 1. The van der Waals surface area contributed by atoms with E-state index in [0.717, 1.165) is 26.0 Å². The second-order valence-electron chi connectivity index (χ2n) is 6.77. The third kappa shape index (κ3) is 35.3. The van der Waals surface area contributed by atoms with E-state index in [0.29, 0.717) is 11.9 Å². The molecule has 0 fully saturated rings. The molecular weight excluding hydrogens is 498 g/mol. The van der Waals surface area contributed by atoms with E-state index in [-0.39, 0.29) is 47.4 Å². The van der Waals surface area contributed by atoms with E-state index in [2.05, 4.69) is 37.8 Å². The van der Waals surface area contributed by atoms with Crippen LogP contribution >= 0.6 is 0 Å². The fourth-order valence-electron chi connectivity index (χ4n) is 1.65. The summed E-state index contributed by atoms with van der Waals surface area (Å²) in [5, 5.41) is 2.75. The van der Waals surface area contributed by atoms with Crippen LogP contribution in [0.4, 0.5) is 0 Å². The summed E-state index contributed by atoms with van der Waals surface area (Å²) in [5.41, 5.74) is 1.50. The minimum absolute atomic E-state index is 0. The van der Waals surface area contributed by atoms with Crippen molar-refractivity contribution < 1.29 is 68.0 Å². The number of pyridine rings is 1. The van der Waals surface area contributed by atoms with Crippen LogP contribution in [0.25, 0.3) is 0 Å². The standard InChI is InChI=1S/C8H12N2O.C6H5NO2.C4H6O4.C2H3BO2.C2H7N.Na/c1-10(2)6-7-3-4-9-8(11)5-7;8-4-5-1-2-7-6(9)3-5;1-3(5)7-8-4(2)6;1-2(4)5-3;1-3-2;/h3-5H,6H2,1-2H3,(H,9,11);1-2,4H,3H2;1-2H3;1H3;3H,1-2H3;/q;;;-1;;+1. The Labute approximate surface area is 239 Å². The van der Waals surface area contributed by atoms with Gasteiger partial charge in [-0.3, -0.25) is 19.2 Å². The molecule has 0 aliphatic carbocycles. The van der Waals surface area contributed by atoms with Crippen molar-refractivity contribution in [2.45, 2.75) is 33.7 Å². The summed E-state index contributed by atoms with van der Waals surface area (Å²) in [6, 6.07) is 3.52. The monoisotopic (exact) mass is 531 g/mol.